The molecule has 1 aliphatic rings. The third kappa shape index (κ3) is 3.74. The third-order valence-corrected chi connectivity index (χ3v) is 7.22. The number of para-hydroxylation sites is 1. The molecule has 4 heterocycles. The lowest BCUT2D eigenvalue weighted by Crippen LogP contribution is -2.40. The van der Waals surface area contributed by atoms with Crippen molar-refractivity contribution < 1.29 is 0 Å². The SMILES string of the molecule is CC#CCn1c(N2CCC[C@@H](C)C2)nc2c1c(=O)n(Cc1nc3ccccc3s1)c(=O)n2C. The Balaban J connectivity index is 1.68. The predicted molar refractivity (Wildman–Crippen MR) is 132 cm³/mol. The van der Waals surface area contributed by atoms with Crippen molar-refractivity contribution in [2.24, 2.45) is 13.0 Å². The highest BCUT2D eigenvalue weighted by molar-refractivity contribution is 7.18. The summed E-state index contributed by atoms with van der Waals surface area (Å²) in [7, 11) is 1.67. The summed E-state index contributed by atoms with van der Waals surface area (Å²) in [5, 5.41) is 0.722. The molecule has 0 radical (unpaired) electrons. The van der Waals surface area contributed by atoms with Gasteiger partial charge in [0.05, 0.1) is 23.3 Å². The molecule has 0 N–H and O–H groups in total. The van der Waals surface area contributed by atoms with E-state index in [-0.39, 0.29) is 12.1 Å². The number of imidazole rings is 1. The molecular weight excluding hydrogens is 436 g/mol. The summed E-state index contributed by atoms with van der Waals surface area (Å²) in [6.45, 7) is 6.23. The number of nitrogens with zero attached hydrogens (tertiary/aromatic N) is 6. The average Bonchev–Trinajstić information content (AvgIpc) is 3.40. The lowest BCUT2D eigenvalue weighted by atomic mass is 10.0. The fraction of sp³-hybridized carbons (Fsp3) is 0.417. The van der Waals surface area contributed by atoms with Gasteiger partial charge in [0.1, 0.15) is 5.01 Å². The van der Waals surface area contributed by atoms with E-state index in [9.17, 15) is 9.59 Å². The molecule has 170 valence electrons. The molecule has 0 aliphatic carbocycles. The topological polar surface area (TPSA) is 78.0 Å². The van der Waals surface area contributed by atoms with Gasteiger partial charge in [-0.25, -0.2) is 9.78 Å². The van der Waals surface area contributed by atoms with Crippen molar-refractivity contribution in [1.82, 2.24) is 23.7 Å². The largest absolute Gasteiger partial charge is 0.342 e. The normalized spacial score (nSPS) is 16.3. The Labute approximate surface area is 195 Å². The van der Waals surface area contributed by atoms with Gasteiger partial charge in [-0.2, -0.15) is 4.98 Å². The lowest BCUT2D eigenvalue weighted by Gasteiger charge is -2.31. The van der Waals surface area contributed by atoms with Crippen molar-refractivity contribution in [2.75, 3.05) is 18.0 Å². The van der Waals surface area contributed by atoms with E-state index in [0.717, 1.165) is 34.7 Å². The van der Waals surface area contributed by atoms with Crippen molar-refractivity contribution in [3.63, 3.8) is 0 Å². The van der Waals surface area contributed by atoms with Crippen LogP contribution in [0.2, 0.25) is 0 Å². The van der Waals surface area contributed by atoms with Crippen LogP contribution in [-0.2, 0) is 20.1 Å². The van der Waals surface area contributed by atoms with E-state index in [0.29, 0.717) is 29.6 Å². The molecule has 0 amide bonds. The molecule has 5 rings (SSSR count). The molecule has 0 spiro atoms. The van der Waals surface area contributed by atoms with Crippen molar-refractivity contribution in [3.05, 3.63) is 50.1 Å². The van der Waals surface area contributed by atoms with Crippen molar-refractivity contribution in [2.45, 2.75) is 39.8 Å². The quantitative estimate of drug-likeness (QED) is 0.436. The summed E-state index contributed by atoms with van der Waals surface area (Å²) in [6, 6.07) is 7.81. The predicted octanol–water partition coefficient (Wildman–Crippen LogP) is 2.81. The van der Waals surface area contributed by atoms with Crippen molar-refractivity contribution in [1.29, 1.82) is 0 Å². The minimum Gasteiger partial charge on any atom is -0.342 e. The number of hydrogen-bond donors (Lipinski definition) is 0. The maximum atomic E-state index is 13.7. The second kappa shape index (κ2) is 8.52. The molecule has 1 saturated heterocycles. The Morgan fingerprint density at radius 1 is 1.18 bits per heavy atom. The molecule has 0 saturated carbocycles. The van der Waals surface area contributed by atoms with E-state index >= 15 is 0 Å². The lowest BCUT2D eigenvalue weighted by molar-refractivity contribution is 0.439. The minimum atomic E-state index is -0.392. The van der Waals surface area contributed by atoms with Gasteiger partial charge >= 0.3 is 5.69 Å². The molecule has 33 heavy (non-hydrogen) atoms. The second-order valence-corrected chi connectivity index (χ2v) is 9.71. The van der Waals surface area contributed by atoms with Crippen LogP contribution >= 0.6 is 11.3 Å². The van der Waals surface area contributed by atoms with Gasteiger partial charge in [0, 0.05) is 20.1 Å². The maximum Gasteiger partial charge on any atom is 0.332 e. The molecular formula is C24H26N6O2S. The molecule has 3 aromatic heterocycles. The van der Waals surface area contributed by atoms with E-state index in [1.807, 2.05) is 28.8 Å². The van der Waals surface area contributed by atoms with Crippen LogP contribution in [0.4, 0.5) is 5.95 Å². The number of thiazole rings is 1. The summed E-state index contributed by atoms with van der Waals surface area (Å²) in [4.78, 5) is 38.5. The highest BCUT2D eigenvalue weighted by Gasteiger charge is 2.26. The van der Waals surface area contributed by atoms with Gasteiger partial charge in [0.15, 0.2) is 11.2 Å². The number of anilines is 1. The van der Waals surface area contributed by atoms with E-state index < -0.39 is 5.69 Å². The van der Waals surface area contributed by atoms with E-state index in [2.05, 4.69) is 28.6 Å². The van der Waals surface area contributed by atoms with Gasteiger partial charge in [0.25, 0.3) is 5.56 Å². The first-order valence-electron chi connectivity index (χ1n) is 11.2. The van der Waals surface area contributed by atoms with Crippen LogP contribution in [-0.4, -0.2) is 36.8 Å². The van der Waals surface area contributed by atoms with E-state index in [1.165, 1.54) is 26.9 Å². The van der Waals surface area contributed by atoms with Gasteiger partial charge in [0.2, 0.25) is 5.95 Å². The smallest absolute Gasteiger partial charge is 0.332 e. The number of piperidine rings is 1. The number of aryl methyl sites for hydroxylation is 1. The highest BCUT2D eigenvalue weighted by atomic mass is 32.1. The third-order valence-electron chi connectivity index (χ3n) is 6.20. The van der Waals surface area contributed by atoms with Crippen LogP contribution in [0.5, 0.6) is 0 Å². The first-order chi connectivity index (χ1) is 16.0. The fourth-order valence-electron chi connectivity index (χ4n) is 4.54. The number of fused-ring (bicyclic) bond motifs is 2. The first-order valence-corrected chi connectivity index (χ1v) is 12.0. The molecule has 1 aliphatic heterocycles. The van der Waals surface area contributed by atoms with E-state index in [4.69, 9.17) is 4.98 Å². The number of hydrogen-bond acceptors (Lipinski definition) is 6. The zero-order chi connectivity index (χ0) is 23.1. The van der Waals surface area contributed by atoms with Crippen molar-refractivity contribution in [3.8, 4) is 11.8 Å². The highest BCUT2D eigenvalue weighted by Crippen LogP contribution is 2.25. The van der Waals surface area contributed by atoms with Crippen LogP contribution in [0.3, 0.4) is 0 Å². The number of aromatic nitrogens is 5. The van der Waals surface area contributed by atoms with Crippen LogP contribution in [0.25, 0.3) is 21.4 Å². The number of rotatable bonds is 4. The molecule has 9 heteroatoms. The van der Waals surface area contributed by atoms with Gasteiger partial charge in [-0.15, -0.1) is 17.3 Å². The van der Waals surface area contributed by atoms with E-state index in [1.54, 1.807) is 14.0 Å². The fourth-order valence-corrected chi connectivity index (χ4v) is 5.50. The summed E-state index contributed by atoms with van der Waals surface area (Å²) in [5.74, 6) is 7.26. The van der Waals surface area contributed by atoms with Crippen LogP contribution in [0, 0.1) is 17.8 Å². The first kappa shape index (κ1) is 21.5. The monoisotopic (exact) mass is 462 g/mol. The average molecular weight is 463 g/mol. The minimum absolute atomic E-state index is 0.126. The molecule has 1 fully saturated rings. The van der Waals surface area contributed by atoms with Gasteiger partial charge in [-0.1, -0.05) is 25.0 Å². The molecule has 0 unspecified atom stereocenters. The standard InChI is InChI=1S/C24H26N6O2S/c1-4-5-13-29-20-21(26-23(29)28-12-8-9-16(2)14-28)27(3)24(32)30(22(20)31)15-19-25-17-10-6-7-11-18(17)33-19/h6-7,10-11,16H,8-9,12-15H2,1-3H3/t16-/m1/s1. The summed E-state index contributed by atoms with van der Waals surface area (Å²) >= 11 is 1.50. The number of benzene rings is 1. The molecule has 8 nitrogen and oxygen atoms in total. The maximum absolute atomic E-state index is 13.7. The zero-order valence-corrected chi connectivity index (χ0v) is 19.9. The summed E-state index contributed by atoms with van der Waals surface area (Å²) in [5.41, 5.74) is 0.935. The molecule has 4 aromatic rings. The van der Waals surface area contributed by atoms with Gasteiger partial charge in [-0.3, -0.25) is 18.5 Å². The van der Waals surface area contributed by atoms with Crippen LogP contribution in [0.1, 0.15) is 31.7 Å². The summed E-state index contributed by atoms with van der Waals surface area (Å²) in [6.07, 6.45) is 2.25. The van der Waals surface area contributed by atoms with Crippen LogP contribution < -0.4 is 16.1 Å². The van der Waals surface area contributed by atoms with Crippen LogP contribution in [0.15, 0.2) is 33.9 Å². The zero-order valence-electron chi connectivity index (χ0n) is 19.0. The van der Waals surface area contributed by atoms with Gasteiger partial charge in [-0.05, 0) is 37.8 Å². The molecule has 1 atom stereocenters. The Morgan fingerprint density at radius 3 is 2.76 bits per heavy atom. The summed E-state index contributed by atoms with van der Waals surface area (Å²) < 4.78 is 5.64. The van der Waals surface area contributed by atoms with Crippen molar-refractivity contribution >= 4 is 38.7 Å². The molecule has 1 aromatic carbocycles. The Morgan fingerprint density at radius 2 is 2.00 bits per heavy atom. The Hall–Kier alpha value is -3.38. The molecule has 0 bridgehead atoms. The Kier molecular flexibility index (Phi) is 5.54. The second-order valence-electron chi connectivity index (χ2n) is 8.60. The Bertz CT molecular complexity index is 1500. The van der Waals surface area contributed by atoms with Gasteiger partial charge < -0.3 is 4.90 Å².